The van der Waals surface area contributed by atoms with Gasteiger partial charge in [-0.3, -0.25) is 9.78 Å². The molecule has 0 aliphatic heterocycles. The number of hydrogen-bond donors (Lipinski definition) is 0. The van der Waals surface area contributed by atoms with Crippen LogP contribution in [-0.2, 0) is 11.2 Å². The maximum absolute atomic E-state index is 12.1. The Morgan fingerprint density at radius 1 is 1.06 bits per heavy atom. The number of Topliss-reactive ketones (excluding diaryl/α,β-unsaturated/α-hetero) is 1. The summed E-state index contributed by atoms with van der Waals surface area (Å²) in [5.74, 6) is 1.16. The molecule has 0 radical (unpaired) electrons. The Bertz CT molecular complexity index is 427. The van der Waals surface area contributed by atoms with Crippen molar-refractivity contribution in [3.8, 4) is 0 Å². The van der Waals surface area contributed by atoms with Crippen LogP contribution in [0.25, 0.3) is 0 Å². The minimum atomic E-state index is 0.262. The van der Waals surface area contributed by atoms with E-state index < -0.39 is 0 Å². The molecule has 1 aromatic heterocycles. The Kier molecular flexibility index (Phi) is 2.96. The molecule has 17 heavy (non-hydrogen) atoms. The molecule has 0 N–H and O–H groups in total. The minimum absolute atomic E-state index is 0.262. The van der Waals surface area contributed by atoms with E-state index in [1.165, 1.54) is 24.1 Å². The second kappa shape index (κ2) is 4.59. The lowest BCUT2D eigenvalue weighted by molar-refractivity contribution is -0.125. The zero-order valence-electron chi connectivity index (χ0n) is 10.2. The molecule has 1 fully saturated rings. The second-order valence-corrected chi connectivity index (χ2v) is 5.37. The topological polar surface area (TPSA) is 30.0 Å². The number of aromatic nitrogens is 1. The number of carbonyl (C=O) groups is 1. The molecule has 2 aliphatic carbocycles. The van der Waals surface area contributed by atoms with Crippen LogP contribution in [0.5, 0.6) is 0 Å². The fraction of sp³-hybridized carbons (Fsp3) is 0.600. The summed E-state index contributed by atoms with van der Waals surface area (Å²) in [5, 5.41) is 0. The predicted octanol–water partition coefficient (Wildman–Crippen LogP) is 3.26. The maximum Gasteiger partial charge on any atom is 0.136 e. The van der Waals surface area contributed by atoms with Gasteiger partial charge in [-0.15, -0.1) is 0 Å². The van der Waals surface area contributed by atoms with E-state index in [0.29, 0.717) is 11.7 Å². The van der Waals surface area contributed by atoms with Crippen molar-refractivity contribution in [2.24, 2.45) is 5.92 Å². The summed E-state index contributed by atoms with van der Waals surface area (Å²) in [5.41, 5.74) is 2.60. The number of hydrogen-bond acceptors (Lipinski definition) is 2. The molecule has 90 valence electrons. The van der Waals surface area contributed by atoms with Crippen LogP contribution in [0.1, 0.15) is 55.7 Å². The second-order valence-electron chi connectivity index (χ2n) is 5.37. The number of rotatable bonds is 1. The Balaban J connectivity index is 1.91. The van der Waals surface area contributed by atoms with Gasteiger partial charge in [0.15, 0.2) is 0 Å². The molecule has 2 nitrogen and oxygen atoms in total. The third-order valence-electron chi connectivity index (χ3n) is 4.33. The number of pyridine rings is 1. The van der Waals surface area contributed by atoms with Gasteiger partial charge in [0.05, 0.1) is 0 Å². The first-order valence-electron chi connectivity index (χ1n) is 6.83. The van der Waals surface area contributed by atoms with Gasteiger partial charge in [-0.25, -0.2) is 0 Å². The van der Waals surface area contributed by atoms with Gasteiger partial charge < -0.3 is 0 Å². The Hall–Kier alpha value is -1.18. The summed E-state index contributed by atoms with van der Waals surface area (Å²) >= 11 is 0. The zero-order chi connectivity index (χ0) is 11.7. The van der Waals surface area contributed by atoms with E-state index in [9.17, 15) is 4.79 Å². The highest BCUT2D eigenvalue weighted by molar-refractivity contribution is 5.82. The highest BCUT2D eigenvalue weighted by Crippen LogP contribution is 2.40. The SMILES string of the molecule is O=C1CCCCC1C1CCCc2cccnc21. The lowest BCUT2D eigenvalue weighted by Crippen LogP contribution is -2.28. The van der Waals surface area contributed by atoms with Crippen LogP contribution in [0.2, 0.25) is 0 Å². The highest BCUT2D eigenvalue weighted by atomic mass is 16.1. The van der Waals surface area contributed by atoms with Crippen LogP contribution in [0.15, 0.2) is 18.3 Å². The van der Waals surface area contributed by atoms with Crippen LogP contribution in [0, 0.1) is 5.92 Å². The maximum atomic E-state index is 12.1. The number of fused-ring (bicyclic) bond motifs is 1. The summed E-state index contributed by atoms with van der Waals surface area (Å²) in [7, 11) is 0. The van der Waals surface area contributed by atoms with Crippen molar-refractivity contribution in [1.82, 2.24) is 4.98 Å². The van der Waals surface area contributed by atoms with Gasteiger partial charge >= 0.3 is 0 Å². The monoisotopic (exact) mass is 229 g/mol. The summed E-state index contributed by atoms with van der Waals surface area (Å²) in [6.45, 7) is 0. The van der Waals surface area contributed by atoms with Crippen molar-refractivity contribution >= 4 is 5.78 Å². The van der Waals surface area contributed by atoms with E-state index >= 15 is 0 Å². The molecule has 1 aromatic rings. The van der Waals surface area contributed by atoms with Gasteiger partial charge in [0, 0.05) is 30.1 Å². The third kappa shape index (κ3) is 2.01. The highest BCUT2D eigenvalue weighted by Gasteiger charge is 2.34. The molecule has 0 bridgehead atoms. The van der Waals surface area contributed by atoms with E-state index in [-0.39, 0.29) is 5.92 Å². The van der Waals surface area contributed by atoms with Crippen LogP contribution < -0.4 is 0 Å². The molecule has 0 saturated heterocycles. The van der Waals surface area contributed by atoms with E-state index in [1.54, 1.807) is 0 Å². The zero-order valence-corrected chi connectivity index (χ0v) is 10.2. The van der Waals surface area contributed by atoms with E-state index in [0.717, 1.165) is 32.1 Å². The molecule has 1 heterocycles. The van der Waals surface area contributed by atoms with Crippen LogP contribution in [0.4, 0.5) is 0 Å². The quantitative estimate of drug-likeness (QED) is 0.739. The standard InChI is InChI=1S/C15H19NO/c17-14-9-2-1-7-12(14)13-8-3-5-11-6-4-10-16-15(11)13/h4,6,10,12-13H,1-3,5,7-9H2. The number of carbonyl (C=O) groups excluding carboxylic acids is 1. The molecule has 2 atom stereocenters. The number of ketones is 1. The smallest absolute Gasteiger partial charge is 0.136 e. The van der Waals surface area contributed by atoms with Crippen molar-refractivity contribution in [3.05, 3.63) is 29.6 Å². The van der Waals surface area contributed by atoms with Gasteiger partial charge in [0.25, 0.3) is 0 Å². The Labute approximate surface area is 102 Å². The van der Waals surface area contributed by atoms with Crippen LogP contribution in [-0.4, -0.2) is 10.8 Å². The lowest BCUT2D eigenvalue weighted by atomic mass is 9.72. The van der Waals surface area contributed by atoms with Gasteiger partial charge in [-0.1, -0.05) is 12.5 Å². The van der Waals surface area contributed by atoms with Crippen LogP contribution >= 0.6 is 0 Å². The molecule has 0 aromatic carbocycles. The number of aryl methyl sites for hydroxylation is 1. The fourth-order valence-electron chi connectivity index (χ4n) is 3.47. The lowest BCUT2D eigenvalue weighted by Gasteiger charge is -2.32. The van der Waals surface area contributed by atoms with Crippen molar-refractivity contribution in [1.29, 1.82) is 0 Å². The van der Waals surface area contributed by atoms with Crippen LogP contribution in [0.3, 0.4) is 0 Å². The van der Waals surface area contributed by atoms with Crippen molar-refractivity contribution < 1.29 is 4.79 Å². The molecule has 3 rings (SSSR count). The average molecular weight is 229 g/mol. The molecular weight excluding hydrogens is 210 g/mol. The summed E-state index contributed by atoms with van der Waals surface area (Å²) in [4.78, 5) is 16.6. The average Bonchev–Trinajstić information content (AvgIpc) is 2.39. The third-order valence-corrected chi connectivity index (χ3v) is 4.33. The van der Waals surface area contributed by atoms with Gasteiger partial charge in [0.2, 0.25) is 0 Å². The first kappa shape index (κ1) is 10.9. The van der Waals surface area contributed by atoms with E-state index in [4.69, 9.17) is 0 Å². The fourth-order valence-corrected chi connectivity index (χ4v) is 3.47. The predicted molar refractivity (Wildman–Crippen MR) is 66.9 cm³/mol. The molecule has 2 aliphatic rings. The number of nitrogens with zero attached hydrogens (tertiary/aromatic N) is 1. The van der Waals surface area contributed by atoms with Crippen molar-refractivity contribution in [2.75, 3.05) is 0 Å². The van der Waals surface area contributed by atoms with Gasteiger partial charge in [-0.2, -0.15) is 0 Å². The summed E-state index contributed by atoms with van der Waals surface area (Å²) in [6.07, 6.45) is 9.58. The molecule has 0 spiro atoms. The molecular formula is C15H19NO. The normalized spacial score (nSPS) is 28.8. The van der Waals surface area contributed by atoms with Gasteiger partial charge in [0.1, 0.15) is 5.78 Å². The van der Waals surface area contributed by atoms with Crippen molar-refractivity contribution in [2.45, 2.75) is 50.9 Å². The van der Waals surface area contributed by atoms with E-state index in [1.807, 2.05) is 12.3 Å². The molecule has 2 unspecified atom stereocenters. The minimum Gasteiger partial charge on any atom is -0.299 e. The van der Waals surface area contributed by atoms with Gasteiger partial charge in [-0.05, 0) is 43.7 Å². The summed E-state index contributed by atoms with van der Waals surface area (Å²) in [6, 6.07) is 4.20. The Morgan fingerprint density at radius 2 is 1.94 bits per heavy atom. The molecule has 2 heteroatoms. The molecule has 1 saturated carbocycles. The largest absolute Gasteiger partial charge is 0.299 e. The first-order chi connectivity index (χ1) is 8.36. The first-order valence-corrected chi connectivity index (χ1v) is 6.83. The van der Waals surface area contributed by atoms with E-state index in [2.05, 4.69) is 11.1 Å². The molecule has 0 amide bonds. The van der Waals surface area contributed by atoms with Crippen molar-refractivity contribution in [3.63, 3.8) is 0 Å². The Morgan fingerprint density at radius 3 is 2.82 bits per heavy atom. The summed E-state index contributed by atoms with van der Waals surface area (Å²) < 4.78 is 0.